The summed E-state index contributed by atoms with van der Waals surface area (Å²) in [6, 6.07) is 5.30. The minimum atomic E-state index is -1.29. The Morgan fingerprint density at radius 2 is 2.15 bits per heavy atom. The Hall–Kier alpha value is -2.15. The molecular formula is C22H30ClN7O3S. The number of aliphatic hydroxyl groups excluding tert-OH is 1. The van der Waals surface area contributed by atoms with Crippen LogP contribution in [0.1, 0.15) is 12.8 Å². The molecule has 1 amide bonds. The number of ether oxygens (including phenoxy) is 1. The van der Waals surface area contributed by atoms with E-state index in [-0.39, 0.29) is 11.5 Å². The van der Waals surface area contributed by atoms with Gasteiger partial charge in [0.1, 0.15) is 10.8 Å². The minimum absolute atomic E-state index is 0.0606. The lowest BCUT2D eigenvalue weighted by atomic mass is 9.75. The van der Waals surface area contributed by atoms with Crippen LogP contribution >= 0.6 is 23.4 Å². The SMILES string of the molecule is CN(C)C(O)C(=O)Nc1cccc(Sc2ncc(N3CCC4(CC3)COC[C@H]4N)nc2N)c1Cl. The second kappa shape index (κ2) is 10.2. The number of amides is 1. The van der Waals surface area contributed by atoms with E-state index in [1.54, 1.807) is 38.5 Å². The zero-order valence-electron chi connectivity index (χ0n) is 19.2. The van der Waals surface area contributed by atoms with Crippen LogP contribution < -0.4 is 21.7 Å². The molecule has 1 aromatic carbocycles. The number of carbonyl (C=O) groups excluding carboxylic acids is 1. The van der Waals surface area contributed by atoms with Crippen LogP contribution in [0.3, 0.4) is 0 Å². The van der Waals surface area contributed by atoms with Gasteiger partial charge in [-0.25, -0.2) is 9.97 Å². The molecule has 2 aliphatic rings. The molecule has 0 aliphatic carbocycles. The fourth-order valence-corrected chi connectivity index (χ4v) is 5.30. The van der Waals surface area contributed by atoms with Crippen molar-refractivity contribution >= 4 is 46.6 Å². The summed E-state index contributed by atoms with van der Waals surface area (Å²) in [6.45, 7) is 3.00. The molecule has 6 N–H and O–H groups in total. The standard InChI is InChI=1S/C22H30ClN7O3S/c1-29(2)21(32)19(31)27-13-4-3-5-14(17(13)23)34-20-18(25)28-16(10-26-20)30-8-6-22(7-9-30)12-33-11-15(22)24/h3-5,10,15,21,32H,6-9,11-12,24H2,1-2H3,(H2,25,28)(H,27,31)/t15-,21?/m1/s1. The summed E-state index contributed by atoms with van der Waals surface area (Å²) in [4.78, 5) is 25.5. The number of nitrogens with two attached hydrogens (primary N) is 2. The van der Waals surface area contributed by atoms with Crippen LogP contribution in [-0.4, -0.2) is 78.5 Å². The van der Waals surface area contributed by atoms with Crippen molar-refractivity contribution in [1.29, 1.82) is 0 Å². The molecule has 1 unspecified atom stereocenters. The molecular weight excluding hydrogens is 478 g/mol. The third kappa shape index (κ3) is 5.09. The van der Waals surface area contributed by atoms with Gasteiger partial charge in [0.15, 0.2) is 12.0 Å². The van der Waals surface area contributed by atoms with Crippen molar-refractivity contribution in [3.63, 3.8) is 0 Å². The number of halogens is 1. The summed E-state index contributed by atoms with van der Waals surface area (Å²) < 4.78 is 5.60. The van der Waals surface area contributed by atoms with E-state index in [2.05, 4.69) is 20.2 Å². The van der Waals surface area contributed by atoms with Gasteiger partial charge in [-0.1, -0.05) is 29.4 Å². The normalized spacial score (nSPS) is 20.6. The highest BCUT2D eigenvalue weighted by atomic mass is 35.5. The molecule has 184 valence electrons. The molecule has 2 saturated heterocycles. The average Bonchev–Trinajstić information content (AvgIpc) is 3.16. The van der Waals surface area contributed by atoms with Crippen molar-refractivity contribution in [2.45, 2.75) is 35.0 Å². The van der Waals surface area contributed by atoms with Crippen LogP contribution in [0.25, 0.3) is 0 Å². The van der Waals surface area contributed by atoms with E-state index >= 15 is 0 Å². The number of carbonyl (C=O) groups is 1. The second-order valence-electron chi connectivity index (χ2n) is 8.94. The summed E-state index contributed by atoms with van der Waals surface area (Å²) >= 11 is 7.78. The maximum absolute atomic E-state index is 12.2. The number of aromatic nitrogens is 2. The quantitative estimate of drug-likeness (QED) is 0.426. The van der Waals surface area contributed by atoms with E-state index in [4.69, 9.17) is 27.8 Å². The highest BCUT2D eigenvalue weighted by Gasteiger charge is 2.44. The highest BCUT2D eigenvalue weighted by molar-refractivity contribution is 7.99. The summed E-state index contributed by atoms with van der Waals surface area (Å²) in [5.41, 5.74) is 13.0. The molecule has 4 rings (SSSR count). The van der Waals surface area contributed by atoms with Gasteiger partial charge >= 0.3 is 0 Å². The van der Waals surface area contributed by atoms with Crippen molar-refractivity contribution in [3.05, 3.63) is 29.4 Å². The van der Waals surface area contributed by atoms with Crippen LogP contribution in [0, 0.1) is 5.41 Å². The van der Waals surface area contributed by atoms with Crippen molar-refractivity contribution in [2.75, 3.05) is 56.3 Å². The summed E-state index contributed by atoms with van der Waals surface area (Å²) in [5.74, 6) is 0.456. The van der Waals surface area contributed by atoms with Gasteiger partial charge < -0.3 is 31.5 Å². The first kappa shape index (κ1) is 25.0. The summed E-state index contributed by atoms with van der Waals surface area (Å²) in [7, 11) is 3.20. The number of hydrogen-bond acceptors (Lipinski definition) is 10. The molecule has 12 heteroatoms. The smallest absolute Gasteiger partial charge is 0.268 e. The molecule has 0 bridgehead atoms. The highest BCUT2D eigenvalue weighted by Crippen LogP contribution is 2.41. The van der Waals surface area contributed by atoms with Crippen molar-refractivity contribution in [3.8, 4) is 0 Å². The summed E-state index contributed by atoms with van der Waals surface area (Å²) in [6.07, 6.45) is 2.32. The molecule has 2 aliphatic heterocycles. The predicted octanol–water partition coefficient (Wildman–Crippen LogP) is 1.63. The Labute approximate surface area is 208 Å². The van der Waals surface area contributed by atoms with Gasteiger partial charge in [-0.05, 0) is 39.1 Å². The Morgan fingerprint density at radius 3 is 2.76 bits per heavy atom. The monoisotopic (exact) mass is 507 g/mol. The van der Waals surface area contributed by atoms with Crippen molar-refractivity contribution < 1.29 is 14.6 Å². The third-order valence-corrected chi connectivity index (χ3v) is 8.05. The molecule has 34 heavy (non-hydrogen) atoms. The number of rotatable bonds is 6. The van der Waals surface area contributed by atoms with Gasteiger partial charge in [-0.3, -0.25) is 9.69 Å². The van der Waals surface area contributed by atoms with Crippen molar-refractivity contribution in [1.82, 2.24) is 14.9 Å². The van der Waals surface area contributed by atoms with Crippen LogP contribution in [0.4, 0.5) is 17.3 Å². The number of likely N-dealkylation sites (N-methyl/N-ethyl adjacent to an activating group) is 1. The number of piperidine rings is 1. The molecule has 2 atom stereocenters. The number of hydrogen-bond donors (Lipinski definition) is 4. The number of nitrogen functional groups attached to an aromatic ring is 1. The van der Waals surface area contributed by atoms with Crippen LogP contribution in [-0.2, 0) is 9.53 Å². The topological polar surface area (TPSA) is 143 Å². The van der Waals surface area contributed by atoms with E-state index in [0.717, 1.165) is 38.4 Å². The second-order valence-corrected chi connectivity index (χ2v) is 10.3. The molecule has 1 spiro atoms. The Balaban J connectivity index is 1.44. The van der Waals surface area contributed by atoms with E-state index in [0.29, 0.717) is 33.1 Å². The minimum Gasteiger partial charge on any atom is -0.381 e. The number of aliphatic hydroxyl groups is 1. The zero-order chi connectivity index (χ0) is 24.5. The van der Waals surface area contributed by atoms with Crippen LogP contribution in [0.15, 0.2) is 34.3 Å². The average molecular weight is 508 g/mol. The number of anilines is 3. The largest absolute Gasteiger partial charge is 0.381 e. The lowest BCUT2D eigenvalue weighted by Gasteiger charge is -2.41. The number of nitrogens with one attached hydrogen (secondary N) is 1. The van der Waals surface area contributed by atoms with E-state index in [9.17, 15) is 9.90 Å². The fourth-order valence-electron chi connectivity index (χ4n) is 4.20. The Morgan fingerprint density at radius 1 is 1.41 bits per heavy atom. The van der Waals surface area contributed by atoms with Gasteiger partial charge in [0, 0.05) is 29.4 Å². The first-order valence-corrected chi connectivity index (χ1v) is 12.2. The molecule has 0 saturated carbocycles. The molecule has 1 aromatic heterocycles. The number of benzene rings is 1. The van der Waals surface area contributed by atoms with E-state index < -0.39 is 12.1 Å². The third-order valence-electron chi connectivity index (χ3n) is 6.46. The molecule has 2 aromatic rings. The maximum atomic E-state index is 12.2. The molecule has 2 fully saturated rings. The van der Waals surface area contributed by atoms with Gasteiger partial charge in [0.05, 0.1) is 30.1 Å². The predicted molar refractivity (Wildman–Crippen MR) is 133 cm³/mol. The zero-order valence-corrected chi connectivity index (χ0v) is 20.8. The van der Waals surface area contributed by atoms with Crippen molar-refractivity contribution in [2.24, 2.45) is 11.1 Å². The Kier molecular flexibility index (Phi) is 7.51. The van der Waals surface area contributed by atoms with Gasteiger partial charge in [0.25, 0.3) is 5.91 Å². The molecule has 10 nitrogen and oxygen atoms in total. The van der Waals surface area contributed by atoms with E-state index in [1.807, 2.05) is 0 Å². The lowest BCUT2D eigenvalue weighted by Crippen LogP contribution is -2.49. The number of nitrogens with zero attached hydrogens (tertiary/aromatic N) is 4. The van der Waals surface area contributed by atoms with Crippen LogP contribution in [0.5, 0.6) is 0 Å². The van der Waals surface area contributed by atoms with Gasteiger partial charge in [-0.15, -0.1) is 0 Å². The maximum Gasteiger partial charge on any atom is 0.268 e. The van der Waals surface area contributed by atoms with Gasteiger partial charge in [-0.2, -0.15) is 0 Å². The fraction of sp³-hybridized carbons (Fsp3) is 0.500. The first-order valence-electron chi connectivity index (χ1n) is 11.0. The Bertz CT molecular complexity index is 1050. The van der Waals surface area contributed by atoms with E-state index in [1.165, 1.54) is 16.7 Å². The first-order chi connectivity index (χ1) is 16.2. The van der Waals surface area contributed by atoms with Gasteiger partial charge in [0.2, 0.25) is 0 Å². The van der Waals surface area contributed by atoms with Crippen LogP contribution in [0.2, 0.25) is 5.02 Å². The molecule has 0 radical (unpaired) electrons. The summed E-state index contributed by atoms with van der Waals surface area (Å²) in [5, 5.41) is 13.4. The molecule has 3 heterocycles. The lowest BCUT2D eigenvalue weighted by molar-refractivity contribution is -0.131.